The van der Waals surface area contributed by atoms with Gasteiger partial charge < -0.3 is 10.6 Å². The SMILES string of the molecule is CSc1ccc(NC(=O)Nc2ccc(C)c(Cl)c2)cc1. The third-order valence-electron chi connectivity index (χ3n) is 2.78. The molecule has 0 aliphatic rings. The Morgan fingerprint density at radius 3 is 2.25 bits per heavy atom. The molecule has 0 fully saturated rings. The molecule has 0 bridgehead atoms. The van der Waals surface area contributed by atoms with E-state index in [1.807, 2.05) is 49.6 Å². The average molecular weight is 307 g/mol. The molecule has 0 atom stereocenters. The van der Waals surface area contributed by atoms with Gasteiger partial charge in [0.25, 0.3) is 0 Å². The van der Waals surface area contributed by atoms with E-state index in [4.69, 9.17) is 11.6 Å². The van der Waals surface area contributed by atoms with Crippen molar-refractivity contribution in [2.24, 2.45) is 0 Å². The summed E-state index contributed by atoms with van der Waals surface area (Å²) in [4.78, 5) is 13.0. The topological polar surface area (TPSA) is 41.1 Å². The number of amides is 2. The molecule has 0 unspecified atom stereocenters. The number of nitrogens with one attached hydrogen (secondary N) is 2. The number of carbonyl (C=O) groups is 1. The van der Waals surface area contributed by atoms with Crippen LogP contribution >= 0.6 is 23.4 Å². The minimum Gasteiger partial charge on any atom is -0.308 e. The molecule has 3 nitrogen and oxygen atoms in total. The van der Waals surface area contributed by atoms with Gasteiger partial charge in [-0.3, -0.25) is 0 Å². The first-order chi connectivity index (χ1) is 9.58. The molecule has 2 N–H and O–H groups in total. The van der Waals surface area contributed by atoms with Crippen molar-refractivity contribution in [2.45, 2.75) is 11.8 Å². The minimum atomic E-state index is -0.290. The van der Waals surface area contributed by atoms with Crippen molar-refractivity contribution in [3.8, 4) is 0 Å². The fourth-order valence-corrected chi connectivity index (χ4v) is 2.23. The van der Waals surface area contributed by atoms with Crippen LogP contribution in [0.1, 0.15) is 5.56 Å². The number of benzene rings is 2. The van der Waals surface area contributed by atoms with Gasteiger partial charge in [0.15, 0.2) is 0 Å². The van der Waals surface area contributed by atoms with Crippen LogP contribution in [-0.2, 0) is 0 Å². The van der Waals surface area contributed by atoms with Crippen molar-refractivity contribution in [3.05, 3.63) is 53.1 Å². The first kappa shape index (κ1) is 14.8. The predicted molar refractivity (Wildman–Crippen MR) is 87.1 cm³/mol. The van der Waals surface area contributed by atoms with E-state index < -0.39 is 0 Å². The molecule has 0 aromatic heterocycles. The Labute approximate surface area is 127 Å². The minimum absolute atomic E-state index is 0.290. The highest BCUT2D eigenvalue weighted by Gasteiger charge is 2.04. The summed E-state index contributed by atoms with van der Waals surface area (Å²) in [5, 5.41) is 6.15. The second-order valence-electron chi connectivity index (χ2n) is 4.27. The van der Waals surface area contributed by atoms with Crippen molar-refractivity contribution in [2.75, 3.05) is 16.9 Å². The van der Waals surface area contributed by atoms with Crippen molar-refractivity contribution >= 4 is 40.8 Å². The molecule has 2 amide bonds. The maximum absolute atomic E-state index is 11.9. The molecule has 0 spiro atoms. The largest absolute Gasteiger partial charge is 0.323 e. The monoisotopic (exact) mass is 306 g/mol. The predicted octanol–water partition coefficient (Wildman–Crippen LogP) is 5.01. The van der Waals surface area contributed by atoms with Gasteiger partial charge in [0.2, 0.25) is 0 Å². The summed E-state index contributed by atoms with van der Waals surface area (Å²) in [7, 11) is 0. The van der Waals surface area contributed by atoms with Crippen LogP contribution in [-0.4, -0.2) is 12.3 Å². The number of thioether (sulfide) groups is 1. The Bertz CT molecular complexity index is 614. The normalized spacial score (nSPS) is 10.2. The molecule has 20 heavy (non-hydrogen) atoms. The number of aryl methyl sites for hydroxylation is 1. The zero-order valence-electron chi connectivity index (χ0n) is 11.2. The number of anilines is 2. The zero-order valence-corrected chi connectivity index (χ0v) is 12.8. The standard InChI is InChI=1S/C15H15ClN2OS/c1-10-3-4-12(9-14(10)16)18-15(19)17-11-5-7-13(20-2)8-6-11/h3-9H,1-2H3,(H2,17,18,19). The fourth-order valence-electron chi connectivity index (χ4n) is 1.64. The lowest BCUT2D eigenvalue weighted by atomic mass is 10.2. The van der Waals surface area contributed by atoms with E-state index >= 15 is 0 Å². The number of urea groups is 1. The van der Waals surface area contributed by atoms with E-state index in [0.29, 0.717) is 10.7 Å². The lowest BCUT2D eigenvalue weighted by molar-refractivity contribution is 0.262. The molecule has 2 rings (SSSR count). The zero-order chi connectivity index (χ0) is 14.5. The number of hydrogen-bond donors (Lipinski definition) is 2. The summed E-state index contributed by atoms with van der Waals surface area (Å²) in [5.74, 6) is 0. The summed E-state index contributed by atoms with van der Waals surface area (Å²) >= 11 is 7.68. The molecular formula is C15H15ClN2OS. The Balaban J connectivity index is 1.99. The van der Waals surface area contributed by atoms with E-state index in [2.05, 4.69) is 10.6 Å². The van der Waals surface area contributed by atoms with Gasteiger partial charge in [0.1, 0.15) is 0 Å². The Morgan fingerprint density at radius 2 is 1.65 bits per heavy atom. The molecular weight excluding hydrogens is 292 g/mol. The number of carbonyl (C=O) groups excluding carboxylic acids is 1. The third-order valence-corrected chi connectivity index (χ3v) is 3.93. The van der Waals surface area contributed by atoms with Crippen LogP contribution < -0.4 is 10.6 Å². The molecule has 2 aromatic rings. The highest BCUT2D eigenvalue weighted by Crippen LogP contribution is 2.21. The van der Waals surface area contributed by atoms with E-state index in [0.717, 1.165) is 16.1 Å². The number of hydrogen-bond acceptors (Lipinski definition) is 2. The summed E-state index contributed by atoms with van der Waals surface area (Å²) in [6, 6.07) is 12.8. The summed E-state index contributed by atoms with van der Waals surface area (Å²) in [5.41, 5.74) is 2.39. The van der Waals surface area contributed by atoms with Crippen molar-refractivity contribution in [1.82, 2.24) is 0 Å². The van der Waals surface area contributed by atoms with Crippen LogP contribution in [0.25, 0.3) is 0 Å². The number of halogens is 1. The maximum Gasteiger partial charge on any atom is 0.323 e. The molecule has 0 saturated carbocycles. The first-order valence-corrected chi connectivity index (χ1v) is 7.67. The average Bonchev–Trinajstić information content (AvgIpc) is 2.44. The smallest absolute Gasteiger partial charge is 0.308 e. The van der Waals surface area contributed by atoms with E-state index in [1.165, 1.54) is 0 Å². The van der Waals surface area contributed by atoms with E-state index in [1.54, 1.807) is 17.8 Å². The summed E-state index contributed by atoms with van der Waals surface area (Å²) in [6.07, 6.45) is 2.01. The molecule has 2 aromatic carbocycles. The molecule has 0 aliphatic carbocycles. The Kier molecular flexibility index (Phi) is 4.93. The van der Waals surface area contributed by atoms with Gasteiger partial charge >= 0.3 is 6.03 Å². The quantitative estimate of drug-likeness (QED) is 0.782. The molecule has 0 heterocycles. The van der Waals surface area contributed by atoms with Gasteiger partial charge in [-0.05, 0) is 55.1 Å². The second kappa shape index (κ2) is 6.68. The third kappa shape index (κ3) is 3.92. The molecule has 104 valence electrons. The van der Waals surface area contributed by atoms with Crippen LogP contribution in [0.4, 0.5) is 16.2 Å². The van der Waals surface area contributed by atoms with Crippen LogP contribution in [0.5, 0.6) is 0 Å². The first-order valence-electron chi connectivity index (χ1n) is 6.06. The number of rotatable bonds is 3. The molecule has 0 saturated heterocycles. The lowest BCUT2D eigenvalue weighted by Gasteiger charge is -2.09. The Morgan fingerprint density at radius 1 is 1.05 bits per heavy atom. The highest BCUT2D eigenvalue weighted by molar-refractivity contribution is 7.98. The van der Waals surface area contributed by atoms with Crippen LogP contribution in [0.2, 0.25) is 5.02 Å². The van der Waals surface area contributed by atoms with Crippen molar-refractivity contribution in [1.29, 1.82) is 0 Å². The van der Waals surface area contributed by atoms with Crippen LogP contribution in [0.3, 0.4) is 0 Å². The lowest BCUT2D eigenvalue weighted by Crippen LogP contribution is -2.19. The van der Waals surface area contributed by atoms with Crippen LogP contribution in [0.15, 0.2) is 47.4 Å². The van der Waals surface area contributed by atoms with Crippen molar-refractivity contribution in [3.63, 3.8) is 0 Å². The fraction of sp³-hybridized carbons (Fsp3) is 0.133. The second-order valence-corrected chi connectivity index (χ2v) is 5.56. The van der Waals surface area contributed by atoms with Gasteiger partial charge in [0, 0.05) is 21.3 Å². The highest BCUT2D eigenvalue weighted by atomic mass is 35.5. The molecule has 5 heteroatoms. The van der Waals surface area contributed by atoms with Gasteiger partial charge in [-0.15, -0.1) is 11.8 Å². The van der Waals surface area contributed by atoms with E-state index in [9.17, 15) is 4.79 Å². The molecule has 0 radical (unpaired) electrons. The van der Waals surface area contributed by atoms with Crippen molar-refractivity contribution < 1.29 is 4.79 Å². The summed E-state index contributed by atoms with van der Waals surface area (Å²) < 4.78 is 0. The van der Waals surface area contributed by atoms with Gasteiger partial charge in [-0.25, -0.2) is 4.79 Å². The maximum atomic E-state index is 11.9. The van der Waals surface area contributed by atoms with Gasteiger partial charge in [0.05, 0.1) is 0 Å². The van der Waals surface area contributed by atoms with Crippen LogP contribution in [0, 0.1) is 6.92 Å². The van der Waals surface area contributed by atoms with Gasteiger partial charge in [-0.2, -0.15) is 0 Å². The van der Waals surface area contributed by atoms with E-state index in [-0.39, 0.29) is 6.03 Å². The Hall–Kier alpha value is -1.65. The summed E-state index contributed by atoms with van der Waals surface area (Å²) in [6.45, 7) is 1.92. The van der Waals surface area contributed by atoms with Gasteiger partial charge in [-0.1, -0.05) is 17.7 Å². The molecule has 0 aliphatic heterocycles.